The quantitative estimate of drug-likeness (QED) is 0.489. The van der Waals surface area contributed by atoms with Crippen LogP contribution in [0, 0.1) is 0 Å². The molecule has 0 spiro atoms. The molecule has 1 N–H and O–H groups in total. The molecule has 7 nitrogen and oxygen atoms in total. The smallest absolute Gasteiger partial charge is 0.264 e. The van der Waals surface area contributed by atoms with Crippen molar-refractivity contribution in [3.05, 3.63) is 84.4 Å². The molecule has 3 aromatic rings. The van der Waals surface area contributed by atoms with Crippen molar-refractivity contribution >= 4 is 27.3 Å². The summed E-state index contributed by atoms with van der Waals surface area (Å²) in [5.41, 5.74) is 1.80. The molecule has 0 saturated carbocycles. The summed E-state index contributed by atoms with van der Waals surface area (Å²) in [6, 6.07) is 19.2. The lowest BCUT2D eigenvalue weighted by Gasteiger charge is -2.23. The van der Waals surface area contributed by atoms with Crippen LogP contribution >= 0.6 is 11.3 Å². The minimum Gasteiger partial charge on any atom is -0.497 e. The van der Waals surface area contributed by atoms with E-state index >= 15 is 0 Å². The number of benzene rings is 2. The first-order valence-electron chi connectivity index (χ1n) is 10.4. The maximum atomic E-state index is 13.0. The Labute approximate surface area is 197 Å². The number of thiophene rings is 1. The summed E-state index contributed by atoms with van der Waals surface area (Å²) in [6.45, 7) is 0.473. The van der Waals surface area contributed by atoms with E-state index in [9.17, 15) is 13.2 Å². The number of nitrogens with one attached hydrogen (secondary N) is 1. The number of nitrogens with zero attached hydrogens (tertiary/aromatic N) is 1. The molecule has 33 heavy (non-hydrogen) atoms. The van der Waals surface area contributed by atoms with Gasteiger partial charge < -0.3 is 4.74 Å². The van der Waals surface area contributed by atoms with Gasteiger partial charge in [0, 0.05) is 4.88 Å². The number of carbonyl (C=O) groups excluding carboxylic acids is 1. The van der Waals surface area contributed by atoms with Crippen molar-refractivity contribution in [3.8, 4) is 16.2 Å². The Morgan fingerprint density at radius 3 is 2.52 bits per heavy atom. The lowest BCUT2D eigenvalue weighted by Crippen LogP contribution is -2.47. The minimum atomic E-state index is -3.89. The second-order valence-corrected chi connectivity index (χ2v) is 10.4. The second kappa shape index (κ2) is 10.3. The predicted octanol–water partition coefficient (Wildman–Crippen LogP) is 3.99. The SMILES string of the molecule is COc1ccc(-c2ccc(S(=O)(=O)N[C@@H]3CC=CCN(OCc4ccccc4)C3=O)s2)cc1. The Morgan fingerprint density at radius 2 is 1.79 bits per heavy atom. The largest absolute Gasteiger partial charge is 0.497 e. The second-order valence-electron chi connectivity index (χ2n) is 7.39. The molecule has 172 valence electrons. The monoisotopic (exact) mass is 484 g/mol. The van der Waals surface area contributed by atoms with Gasteiger partial charge in [0.1, 0.15) is 22.6 Å². The normalized spacial score (nSPS) is 16.6. The number of ether oxygens (including phenoxy) is 1. The highest BCUT2D eigenvalue weighted by Gasteiger charge is 2.31. The molecule has 1 amide bonds. The Balaban J connectivity index is 1.45. The van der Waals surface area contributed by atoms with Crippen LogP contribution in [0.2, 0.25) is 0 Å². The Bertz CT molecular complexity index is 1220. The number of hydroxylamine groups is 2. The van der Waals surface area contributed by atoms with Crippen molar-refractivity contribution in [1.82, 2.24) is 9.79 Å². The van der Waals surface area contributed by atoms with Gasteiger partial charge in [-0.25, -0.2) is 13.5 Å². The number of rotatable bonds is 8. The molecule has 2 aromatic carbocycles. The first-order valence-corrected chi connectivity index (χ1v) is 12.7. The highest BCUT2D eigenvalue weighted by molar-refractivity contribution is 7.91. The number of sulfonamides is 1. The predicted molar refractivity (Wildman–Crippen MR) is 127 cm³/mol. The van der Waals surface area contributed by atoms with Crippen LogP contribution in [-0.4, -0.2) is 39.1 Å². The fourth-order valence-corrected chi connectivity index (χ4v) is 5.86. The van der Waals surface area contributed by atoms with E-state index in [-0.39, 0.29) is 23.8 Å². The molecule has 1 atom stereocenters. The van der Waals surface area contributed by atoms with Gasteiger partial charge in [0.2, 0.25) is 0 Å². The van der Waals surface area contributed by atoms with E-state index in [1.807, 2.05) is 54.6 Å². The molecule has 4 rings (SSSR count). The lowest BCUT2D eigenvalue weighted by atomic mass is 10.2. The van der Waals surface area contributed by atoms with Gasteiger partial charge in [-0.3, -0.25) is 9.63 Å². The van der Waals surface area contributed by atoms with Crippen molar-refractivity contribution < 1.29 is 22.8 Å². The summed E-state index contributed by atoms with van der Waals surface area (Å²) in [4.78, 5) is 19.5. The summed E-state index contributed by atoms with van der Waals surface area (Å²) in [5.74, 6) is 0.301. The van der Waals surface area contributed by atoms with E-state index < -0.39 is 22.0 Å². The number of hydrogen-bond donors (Lipinski definition) is 1. The minimum absolute atomic E-state index is 0.145. The van der Waals surface area contributed by atoms with E-state index in [4.69, 9.17) is 9.57 Å². The molecule has 0 radical (unpaired) electrons. The molecule has 0 bridgehead atoms. The third-order valence-electron chi connectivity index (χ3n) is 5.10. The van der Waals surface area contributed by atoms with Crippen LogP contribution in [0.3, 0.4) is 0 Å². The van der Waals surface area contributed by atoms with Crippen molar-refractivity contribution in [2.75, 3.05) is 13.7 Å². The van der Waals surface area contributed by atoms with Crippen molar-refractivity contribution in [3.63, 3.8) is 0 Å². The van der Waals surface area contributed by atoms with Crippen LogP contribution in [0.15, 0.2) is 83.1 Å². The van der Waals surface area contributed by atoms with Crippen LogP contribution in [0.25, 0.3) is 10.4 Å². The average Bonchev–Trinajstić information content (AvgIpc) is 3.28. The molecule has 0 aliphatic carbocycles. The van der Waals surface area contributed by atoms with E-state index in [0.29, 0.717) is 0 Å². The van der Waals surface area contributed by atoms with Gasteiger partial charge >= 0.3 is 0 Å². The highest BCUT2D eigenvalue weighted by atomic mass is 32.2. The zero-order valence-electron chi connectivity index (χ0n) is 18.0. The van der Waals surface area contributed by atoms with Gasteiger partial charge in [0.25, 0.3) is 15.9 Å². The zero-order valence-corrected chi connectivity index (χ0v) is 19.6. The van der Waals surface area contributed by atoms with E-state index in [1.54, 1.807) is 31.4 Å². The van der Waals surface area contributed by atoms with Gasteiger partial charge in [-0.15, -0.1) is 11.3 Å². The Hall–Kier alpha value is -2.98. The van der Waals surface area contributed by atoms with E-state index in [2.05, 4.69) is 4.72 Å². The molecule has 2 heterocycles. The van der Waals surface area contributed by atoms with Gasteiger partial charge in [-0.05, 0) is 53.9 Å². The summed E-state index contributed by atoms with van der Waals surface area (Å²) in [6.07, 6.45) is 3.83. The third-order valence-corrected chi connectivity index (χ3v) is 8.20. The number of methoxy groups -OCH3 is 1. The highest BCUT2D eigenvalue weighted by Crippen LogP contribution is 2.32. The number of carbonyl (C=O) groups is 1. The topological polar surface area (TPSA) is 84.9 Å². The molecular weight excluding hydrogens is 460 g/mol. The number of amides is 1. The fraction of sp³-hybridized carbons (Fsp3) is 0.208. The van der Waals surface area contributed by atoms with Crippen LogP contribution in [0.5, 0.6) is 5.75 Å². The van der Waals surface area contributed by atoms with Crippen molar-refractivity contribution in [2.24, 2.45) is 0 Å². The van der Waals surface area contributed by atoms with Crippen LogP contribution in [0.4, 0.5) is 0 Å². The Morgan fingerprint density at radius 1 is 1.03 bits per heavy atom. The van der Waals surface area contributed by atoms with E-state index in [1.165, 1.54) is 5.06 Å². The summed E-state index contributed by atoms with van der Waals surface area (Å²) >= 11 is 1.14. The van der Waals surface area contributed by atoms with Crippen LogP contribution < -0.4 is 9.46 Å². The van der Waals surface area contributed by atoms with E-state index in [0.717, 1.165) is 33.1 Å². The van der Waals surface area contributed by atoms with Crippen LogP contribution in [-0.2, 0) is 26.3 Å². The Kier molecular flexibility index (Phi) is 7.24. The molecule has 0 saturated heterocycles. The molecule has 1 aromatic heterocycles. The maximum absolute atomic E-state index is 13.0. The number of hydrogen-bond acceptors (Lipinski definition) is 6. The van der Waals surface area contributed by atoms with Gasteiger partial charge in [-0.1, -0.05) is 42.5 Å². The average molecular weight is 485 g/mol. The zero-order chi connectivity index (χ0) is 23.3. The standard InChI is InChI=1S/C24H24N2O5S2/c1-30-20-12-10-19(11-13-20)22-14-15-23(32-22)33(28,29)25-21-9-5-6-16-26(24(21)27)31-17-18-7-3-2-4-8-18/h2-8,10-15,21,25H,9,16-17H2,1H3/t21-/m1/s1. The molecule has 9 heteroatoms. The van der Waals surface area contributed by atoms with Crippen molar-refractivity contribution in [1.29, 1.82) is 0 Å². The molecule has 0 fully saturated rings. The molecule has 1 aliphatic rings. The molecular formula is C24H24N2O5S2. The van der Waals surface area contributed by atoms with Gasteiger partial charge in [0.05, 0.1) is 13.7 Å². The third kappa shape index (κ3) is 5.69. The van der Waals surface area contributed by atoms with Crippen molar-refractivity contribution in [2.45, 2.75) is 23.3 Å². The first kappa shape index (κ1) is 23.2. The van der Waals surface area contributed by atoms with Gasteiger partial charge in [0.15, 0.2) is 0 Å². The summed E-state index contributed by atoms with van der Waals surface area (Å²) < 4.78 is 33.9. The molecule has 0 unspecified atom stereocenters. The fourth-order valence-electron chi connectivity index (χ4n) is 3.33. The van der Waals surface area contributed by atoms with Crippen LogP contribution in [0.1, 0.15) is 12.0 Å². The van der Waals surface area contributed by atoms with Gasteiger partial charge in [-0.2, -0.15) is 4.72 Å². The maximum Gasteiger partial charge on any atom is 0.264 e. The molecule has 1 aliphatic heterocycles. The summed E-state index contributed by atoms with van der Waals surface area (Å²) in [7, 11) is -2.30. The lowest BCUT2D eigenvalue weighted by molar-refractivity contribution is -0.189. The first-order chi connectivity index (χ1) is 16.0. The summed E-state index contributed by atoms with van der Waals surface area (Å²) in [5, 5.41) is 1.21.